The van der Waals surface area contributed by atoms with Gasteiger partial charge in [0.1, 0.15) is 0 Å². The molecule has 0 amide bonds. The van der Waals surface area contributed by atoms with E-state index < -0.39 is 0 Å². The normalized spacial score (nSPS) is 20.8. The van der Waals surface area contributed by atoms with E-state index in [-0.39, 0.29) is 0 Å². The summed E-state index contributed by atoms with van der Waals surface area (Å²) < 4.78 is 0.488. The summed E-state index contributed by atoms with van der Waals surface area (Å²) in [5, 5.41) is 3.58. The van der Waals surface area contributed by atoms with Crippen molar-refractivity contribution in [2.75, 3.05) is 38.5 Å². The molecule has 0 radical (unpaired) electrons. The van der Waals surface area contributed by atoms with Crippen LogP contribution in [0.1, 0.15) is 52.9 Å². The van der Waals surface area contributed by atoms with Gasteiger partial charge in [0.15, 0.2) is 0 Å². The van der Waals surface area contributed by atoms with Gasteiger partial charge in [0.2, 0.25) is 0 Å². The van der Waals surface area contributed by atoms with E-state index in [4.69, 9.17) is 0 Å². The molecule has 0 atom stereocenters. The van der Waals surface area contributed by atoms with Crippen LogP contribution < -0.4 is 5.32 Å². The highest BCUT2D eigenvalue weighted by Gasteiger charge is 2.23. The monoisotopic (exact) mass is 272 g/mol. The zero-order chi connectivity index (χ0) is 13.3. The summed E-state index contributed by atoms with van der Waals surface area (Å²) in [6.45, 7) is 13.2. The Kier molecular flexibility index (Phi) is 8.36. The molecule has 0 saturated carbocycles. The van der Waals surface area contributed by atoms with Crippen molar-refractivity contribution in [3.05, 3.63) is 0 Å². The summed E-state index contributed by atoms with van der Waals surface area (Å²) in [6, 6.07) is 0. The zero-order valence-electron chi connectivity index (χ0n) is 12.6. The van der Waals surface area contributed by atoms with Crippen molar-refractivity contribution in [2.45, 2.75) is 57.6 Å². The Balaban J connectivity index is 1.99. The van der Waals surface area contributed by atoms with Crippen molar-refractivity contribution in [2.24, 2.45) is 0 Å². The third-order valence-electron chi connectivity index (χ3n) is 3.74. The van der Waals surface area contributed by atoms with Crippen molar-refractivity contribution in [1.82, 2.24) is 10.2 Å². The van der Waals surface area contributed by atoms with Gasteiger partial charge < -0.3 is 10.2 Å². The number of hydrogen-bond donors (Lipinski definition) is 1. The molecule has 0 aromatic heterocycles. The van der Waals surface area contributed by atoms with E-state index in [0.29, 0.717) is 4.75 Å². The van der Waals surface area contributed by atoms with Crippen LogP contribution in [0.2, 0.25) is 0 Å². The smallest absolute Gasteiger partial charge is 0.0116 e. The minimum Gasteiger partial charge on any atom is -0.315 e. The van der Waals surface area contributed by atoms with E-state index in [9.17, 15) is 0 Å². The van der Waals surface area contributed by atoms with Crippen LogP contribution in [-0.4, -0.2) is 48.1 Å². The Morgan fingerprint density at radius 2 is 1.94 bits per heavy atom. The van der Waals surface area contributed by atoms with E-state index in [0.717, 1.165) is 6.54 Å². The molecule has 0 spiro atoms. The first-order chi connectivity index (χ1) is 8.64. The number of hydrogen-bond acceptors (Lipinski definition) is 3. The van der Waals surface area contributed by atoms with Crippen LogP contribution >= 0.6 is 11.8 Å². The fraction of sp³-hybridized carbons (Fsp3) is 1.00. The summed E-state index contributed by atoms with van der Waals surface area (Å²) in [5.74, 6) is 1.30. The molecule has 1 heterocycles. The van der Waals surface area contributed by atoms with Crippen molar-refractivity contribution in [3.63, 3.8) is 0 Å². The van der Waals surface area contributed by atoms with E-state index >= 15 is 0 Å². The standard InChI is InChI=1S/C15H32N2S/c1-4-5-6-7-9-16-10-12-17-11-8-15(2,3)18-14-13-17/h16H,4-14H2,1-3H3. The molecular weight excluding hydrogens is 240 g/mol. The van der Waals surface area contributed by atoms with E-state index in [1.807, 2.05) is 0 Å². The first kappa shape index (κ1) is 16.3. The van der Waals surface area contributed by atoms with E-state index in [2.05, 4.69) is 42.7 Å². The Morgan fingerprint density at radius 3 is 2.72 bits per heavy atom. The van der Waals surface area contributed by atoms with Gasteiger partial charge in [0.05, 0.1) is 0 Å². The fourth-order valence-corrected chi connectivity index (χ4v) is 3.46. The number of nitrogens with zero attached hydrogens (tertiary/aromatic N) is 1. The highest BCUT2D eigenvalue weighted by atomic mass is 32.2. The van der Waals surface area contributed by atoms with Gasteiger partial charge in [-0.3, -0.25) is 0 Å². The van der Waals surface area contributed by atoms with Gasteiger partial charge in [0.25, 0.3) is 0 Å². The highest BCUT2D eigenvalue weighted by Crippen LogP contribution is 2.30. The maximum Gasteiger partial charge on any atom is 0.0116 e. The molecule has 1 rings (SSSR count). The van der Waals surface area contributed by atoms with Crippen LogP contribution in [0.3, 0.4) is 0 Å². The van der Waals surface area contributed by atoms with Gasteiger partial charge in [0, 0.05) is 30.1 Å². The minimum atomic E-state index is 0.488. The van der Waals surface area contributed by atoms with Crippen LogP contribution in [0.15, 0.2) is 0 Å². The van der Waals surface area contributed by atoms with Gasteiger partial charge in [-0.2, -0.15) is 11.8 Å². The van der Waals surface area contributed by atoms with Crippen LogP contribution in [-0.2, 0) is 0 Å². The molecule has 18 heavy (non-hydrogen) atoms. The number of rotatable bonds is 8. The Hall–Kier alpha value is 0.270. The quantitative estimate of drug-likeness (QED) is 0.682. The molecule has 0 aliphatic carbocycles. The summed E-state index contributed by atoms with van der Waals surface area (Å²) in [7, 11) is 0. The molecule has 1 fully saturated rings. The largest absolute Gasteiger partial charge is 0.315 e. The van der Waals surface area contributed by atoms with Gasteiger partial charge in [-0.05, 0) is 25.9 Å². The van der Waals surface area contributed by atoms with Crippen molar-refractivity contribution >= 4 is 11.8 Å². The fourth-order valence-electron chi connectivity index (χ4n) is 2.32. The lowest BCUT2D eigenvalue weighted by atomic mass is 10.1. The summed E-state index contributed by atoms with van der Waals surface area (Å²) in [6.07, 6.45) is 6.78. The lowest BCUT2D eigenvalue weighted by Gasteiger charge is -2.22. The van der Waals surface area contributed by atoms with Crippen molar-refractivity contribution in [1.29, 1.82) is 0 Å². The Morgan fingerprint density at radius 1 is 1.11 bits per heavy atom. The Bertz CT molecular complexity index is 207. The summed E-state index contributed by atoms with van der Waals surface area (Å²) in [5.41, 5.74) is 0. The van der Waals surface area contributed by atoms with Crippen molar-refractivity contribution in [3.8, 4) is 0 Å². The van der Waals surface area contributed by atoms with Crippen LogP contribution in [0.25, 0.3) is 0 Å². The molecule has 2 nitrogen and oxygen atoms in total. The molecule has 0 unspecified atom stereocenters. The van der Waals surface area contributed by atoms with E-state index in [1.54, 1.807) is 0 Å². The maximum atomic E-state index is 3.58. The lowest BCUT2D eigenvalue weighted by molar-refractivity contribution is 0.283. The summed E-state index contributed by atoms with van der Waals surface area (Å²) >= 11 is 2.14. The van der Waals surface area contributed by atoms with Crippen LogP contribution in [0.4, 0.5) is 0 Å². The molecule has 0 bridgehead atoms. The molecular formula is C15H32N2S. The van der Waals surface area contributed by atoms with E-state index in [1.165, 1.54) is 64.0 Å². The molecule has 0 aromatic rings. The average Bonchev–Trinajstić information content (AvgIpc) is 2.50. The predicted octanol–water partition coefficient (Wildman–Crippen LogP) is 3.37. The lowest BCUT2D eigenvalue weighted by Crippen LogP contribution is -2.34. The second-order valence-electron chi connectivity index (χ2n) is 6.01. The number of nitrogens with one attached hydrogen (secondary N) is 1. The third-order valence-corrected chi connectivity index (χ3v) is 5.11. The van der Waals surface area contributed by atoms with Crippen LogP contribution in [0.5, 0.6) is 0 Å². The second kappa shape index (κ2) is 9.22. The molecule has 0 aromatic carbocycles. The molecule has 1 aliphatic heterocycles. The van der Waals surface area contributed by atoms with Crippen molar-refractivity contribution < 1.29 is 0 Å². The zero-order valence-corrected chi connectivity index (χ0v) is 13.5. The van der Waals surface area contributed by atoms with Gasteiger partial charge >= 0.3 is 0 Å². The third kappa shape index (κ3) is 7.65. The van der Waals surface area contributed by atoms with Gasteiger partial charge in [-0.15, -0.1) is 0 Å². The Labute approximate surface area is 118 Å². The number of thioether (sulfide) groups is 1. The van der Waals surface area contributed by atoms with Gasteiger partial charge in [-0.1, -0.05) is 40.0 Å². The topological polar surface area (TPSA) is 15.3 Å². The second-order valence-corrected chi connectivity index (χ2v) is 7.81. The van der Waals surface area contributed by atoms with Crippen LogP contribution in [0, 0.1) is 0 Å². The molecule has 1 N–H and O–H groups in total. The highest BCUT2D eigenvalue weighted by molar-refractivity contribution is 8.00. The number of unbranched alkanes of at least 4 members (excludes halogenated alkanes) is 3. The maximum absolute atomic E-state index is 3.58. The van der Waals surface area contributed by atoms with Gasteiger partial charge in [-0.25, -0.2) is 0 Å². The molecule has 1 aliphatic rings. The average molecular weight is 273 g/mol. The molecule has 1 saturated heterocycles. The predicted molar refractivity (Wildman–Crippen MR) is 84.6 cm³/mol. The first-order valence-corrected chi connectivity index (χ1v) is 8.69. The minimum absolute atomic E-state index is 0.488. The SMILES string of the molecule is CCCCCCNCCN1CCSC(C)(C)CC1. The molecule has 3 heteroatoms. The molecule has 108 valence electrons. The summed E-state index contributed by atoms with van der Waals surface area (Å²) in [4.78, 5) is 2.63. The first-order valence-electron chi connectivity index (χ1n) is 7.71.